The summed E-state index contributed by atoms with van der Waals surface area (Å²) in [5.41, 5.74) is 0.253. The summed E-state index contributed by atoms with van der Waals surface area (Å²) in [4.78, 5) is 26.0. The molecule has 5 heteroatoms. The molecule has 0 saturated carbocycles. The van der Waals surface area contributed by atoms with Crippen LogP contribution in [0.15, 0.2) is 30.4 Å². The Kier molecular flexibility index (Phi) is 3.13. The Balaban J connectivity index is 2.01. The van der Waals surface area contributed by atoms with Gasteiger partial charge < -0.3 is 0 Å². The van der Waals surface area contributed by atoms with Crippen molar-refractivity contribution in [2.24, 2.45) is 17.8 Å². The number of anilines is 1. The van der Waals surface area contributed by atoms with Gasteiger partial charge in [-0.05, 0) is 30.5 Å². The number of carbonyl (C=O) groups is 2. The Morgan fingerprint density at radius 3 is 2.70 bits per heavy atom. The Morgan fingerprint density at radius 1 is 1.30 bits per heavy atom. The van der Waals surface area contributed by atoms with Crippen molar-refractivity contribution in [3.63, 3.8) is 0 Å². The maximum absolute atomic E-state index is 13.5. The topological polar surface area (TPSA) is 37.4 Å². The van der Waals surface area contributed by atoms with E-state index in [0.29, 0.717) is 6.42 Å². The molecule has 0 aromatic heterocycles. The first-order valence-electron chi connectivity index (χ1n) is 6.50. The molecular formula is C15H13ClFNO2. The van der Waals surface area contributed by atoms with Gasteiger partial charge in [0, 0.05) is 0 Å². The fourth-order valence-electron chi connectivity index (χ4n) is 3.03. The molecule has 0 bridgehead atoms. The lowest BCUT2D eigenvalue weighted by Crippen LogP contribution is -2.31. The lowest BCUT2D eigenvalue weighted by atomic mass is 9.78. The minimum Gasteiger partial charge on any atom is -0.274 e. The number of hydrogen-bond donors (Lipinski definition) is 0. The van der Waals surface area contributed by atoms with E-state index in [0.717, 1.165) is 11.0 Å². The van der Waals surface area contributed by atoms with Crippen LogP contribution in [0.5, 0.6) is 0 Å². The van der Waals surface area contributed by atoms with Gasteiger partial charge in [-0.1, -0.05) is 30.7 Å². The minimum absolute atomic E-state index is 0.0207. The Labute approximate surface area is 121 Å². The number of imide groups is 1. The van der Waals surface area contributed by atoms with Crippen molar-refractivity contribution in [3.8, 4) is 0 Å². The van der Waals surface area contributed by atoms with Crippen molar-refractivity contribution >= 4 is 29.1 Å². The molecule has 3 atom stereocenters. The van der Waals surface area contributed by atoms with Crippen molar-refractivity contribution < 1.29 is 14.0 Å². The van der Waals surface area contributed by atoms with E-state index in [1.54, 1.807) is 0 Å². The molecule has 1 aliphatic carbocycles. The first-order chi connectivity index (χ1) is 9.50. The highest BCUT2D eigenvalue weighted by Crippen LogP contribution is 2.40. The Morgan fingerprint density at radius 2 is 2.05 bits per heavy atom. The predicted molar refractivity (Wildman–Crippen MR) is 73.8 cm³/mol. The van der Waals surface area contributed by atoms with Crippen LogP contribution in [-0.4, -0.2) is 11.8 Å². The summed E-state index contributed by atoms with van der Waals surface area (Å²) in [6.45, 7) is 1.92. The van der Waals surface area contributed by atoms with Crippen molar-refractivity contribution in [2.45, 2.75) is 13.3 Å². The van der Waals surface area contributed by atoms with Gasteiger partial charge in [-0.15, -0.1) is 0 Å². The number of carbonyl (C=O) groups excluding carboxylic acids is 2. The van der Waals surface area contributed by atoms with Crippen molar-refractivity contribution in [3.05, 3.63) is 41.2 Å². The highest BCUT2D eigenvalue weighted by Gasteiger charge is 2.50. The Hall–Kier alpha value is -1.68. The van der Waals surface area contributed by atoms with E-state index in [-0.39, 0.29) is 40.3 Å². The summed E-state index contributed by atoms with van der Waals surface area (Å²) in [6, 6.07) is 3.99. The number of fused-ring (bicyclic) bond motifs is 1. The maximum atomic E-state index is 13.5. The van der Waals surface area contributed by atoms with Crippen LogP contribution in [0.2, 0.25) is 5.02 Å². The number of amides is 2. The summed E-state index contributed by atoms with van der Waals surface area (Å²) >= 11 is 5.63. The first kappa shape index (κ1) is 13.3. The molecule has 1 aliphatic heterocycles. The fraction of sp³-hybridized carbons (Fsp3) is 0.333. The zero-order chi connectivity index (χ0) is 14.4. The van der Waals surface area contributed by atoms with E-state index < -0.39 is 5.82 Å². The van der Waals surface area contributed by atoms with Gasteiger partial charge in [0.15, 0.2) is 0 Å². The summed E-state index contributed by atoms with van der Waals surface area (Å²) < 4.78 is 13.5. The molecule has 104 valence electrons. The quantitative estimate of drug-likeness (QED) is 0.589. The second-order valence-electron chi connectivity index (χ2n) is 5.27. The number of nitrogens with zero attached hydrogens (tertiary/aromatic N) is 1. The largest absolute Gasteiger partial charge is 0.274 e. The van der Waals surface area contributed by atoms with Gasteiger partial charge in [0.25, 0.3) is 0 Å². The van der Waals surface area contributed by atoms with E-state index in [9.17, 15) is 14.0 Å². The van der Waals surface area contributed by atoms with Gasteiger partial charge >= 0.3 is 0 Å². The number of benzene rings is 1. The molecule has 3 rings (SSSR count). The highest BCUT2D eigenvalue weighted by atomic mass is 35.5. The molecule has 2 aliphatic rings. The molecule has 0 N–H and O–H groups in total. The number of allylic oxidation sites excluding steroid dienone is 2. The molecule has 0 spiro atoms. The van der Waals surface area contributed by atoms with Crippen LogP contribution in [0.4, 0.5) is 10.1 Å². The van der Waals surface area contributed by atoms with Crippen LogP contribution in [0.25, 0.3) is 0 Å². The smallest absolute Gasteiger partial charge is 0.238 e. The molecule has 20 heavy (non-hydrogen) atoms. The average Bonchev–Trinajstić information content (AvgIpc) is 2.67. The van der Waals surface area contributed by atoms with Gasteiger partial charge in [-0.25, -0.2) is 9.29 Å². The van der Waals surface area contributed by atoms with E-state index in [4.69, 9.17) is 11.6 Å². The van der Waals surface area contributed by atoms with Crippen molar-refractivity contribution in [1.82, 2.24) is 0 Å². The zero-order valence-electron chi connectivity index (χ0n) is 10.8. The SMILES string of the molecule is CC1C=CCC2C(=O)N(c3ccc(Cl)c(F)c3)C(=O)C12. The standard InChI is InChI=1S/C15H13ClFNO2/c1-8-3-2-4-10-13(8)15(20)18(14(10)19)9-5-6-11(16)12(17)7-9/h2-3,5-8,10,13H,4H2,1H3. The van der Waals surface area contributed by atoms with Gasteiger partial charge in [-0.3, -0.25) is 9.59 Å². The number of rotatable bonds is 1. The molecule has 3 nitrogen and oxygen atoms in total. The second-order valence-corrected chi connectivity index (χ2v) is 5.67. The fourth-order valence-corrected chi connectivity index (χ4v) is 3.14. The van der Waals surface area contributed by atoms with Gasteiger partial charge in [0.05, 0.1) is 22.5 Å². The van der Waals surface area contributed by atoms with Crippen LogP contribution in [0.1, 0.15) is 13.3 Å². The van der Waals surface area contributed by atoms with E-state index in [1.807, 2.05) is 19.1 Å². The molecule has 1 aromatic rings. The van der Waals surface area contributed by atoms with Gasteiger partial charge in [-0.2, -0.15) is 0 Å². The predicted octanol–water partition coefficient (Wildman–Crippen LogP) is 3.18. The van der Waals surface area contributed by atoms with E-state index in [1.165, 1.54) is 12.1 Å². The molecule has 1 saturated heterocycles. The van der Waals surface area contributed by atoms with Crippen molar-refractivity contribution in [2.75, 3.05) is 4.90 Å². The minimum atomic E-state index is -0.634. The second kappa shape index (κ2) is 4.70. The van der Waals surface area contributed by atoms with E-state index in [2.05, 4.69) is 0 Å². The molecule has 3 unspecified atom stereocenters. The van der Waals surface area contributed by atoms with Gasteiger partial charge in [0.1, 0.15) is 5.82 Å². The lowest BCUT2D eigenvalue weighted by Gasteiger charge is -2.22. The Bertz CT molecular complexity index is 628. The summed E-state index contributed by atoms with van der Waals surface area (Å²) in [6.07, 6.45) is 4.45. The molecule has 1 fully saturated rings. The van der Waals surface area contributed by atoms with Crippen LogP contribution >= 0.6 is 11.6 Å². The third kappa shape index (κ3) is 1.86. The number of hydrogen-bond acceptors (Lipinski definition) is 2. The maximum Gasteiger partial charge on any atom is 0.238 e. The first-order valence-corrected chi connectivity index (χ1v) is 6.88. The summed E-state index contributed by atoms with van der Waals surface area (Å²) in [7, 11) is 0. The van der Waals surface area contributed by atoms with E-state index >= 15 is 0 Å². The lowest BCUT2D eigenvalue weighted by molar-refractivity contribution is -0.122. The summed E-state index contributed by atoms with van der Waals surface area (Å²) in [5.74, 6) is -1.79. The molecule has 1 aromatic carbocycles. The van der Waals surface area contributed by atoms with Gasteiger partial charge in [0.2, 0.25) is 11.8 Å². The monoisotopic (exact) mass is 293 g/mol. The molecule has 0 radical (unpaired) electrons. The molecule has 1 heterocycles. The molecular weight excluding hydrogens is 281 g/mol. The van der Waals surface area contributed by atoms with Crippen LogP contribution in [0, 0.1) is 23.6 Å². The van der Waals surface area contributed by atoms with Crippen molar-refractivity contribution in [1.29, 1.82) is 0 Å². The van der Waals surface area contributed by atoms with Crippen LogP contribution < -0.4 is 4.90 Å². The van der Waals surface area contributed by atoms with Crippen LogP contribution in [-0.2, 0) is 9.59 Å². The normalized spacial score (nSPS) is 28.9. The van der Waals surface area contributed by atoms with Crippen LogP contribution in [0.3, 0.4) is 0 Å². The zero-order valence-corrected chi connectivity index (χ0v) is 11.6. The summed E-state index contributed by atoms with van der Waals surface area (Å²) in [5, 5.41) is -0.0275. The average molecular weight is 294 g/mol. The molecule has 2 amide bonds. The third-order valence-electron chi connectivity index (χ3n) is 4.03. The third-order valence-corrected chi connectivity index (χ3v) is 4.34. The highest BCUT2D eigenvalue weighted by molar-refractivity contribution is 6.31. The number of halogens is 2.